The average Bonchev–Trinajstić information content (AvgIpc) is 3.11. The summed E-state index contributed by atoms with van der Waals surface area (Å²) in [6.45, 7) is 1.69. The lowest BCUT2D eigenvalue weighted by atomic mass is 9.88. The number of nitrogens with zero attached hydrogens (tertiary/aromatic N) is 3. The topological polar surface area (TPSA) is 63.2 Å². The fourth-order valence-electron chi connectivity index (χ4n) is 3.50. The lowest BCUT2D eigenvalue weighted by molar-refractivity contribution is -0.138. The van der Waals surface area contributed by atoms with Crippen LogP contribution < -0.4 is 0 Å². The minimum absolute atomic E-state index is 0.0842. The minimum atomic E-state index is -4.69. The Morgan fingerprint density at radius 1 is 1.14 bits per heavy atom. The first kappa shape index (κ1) is 20.4. The van der Waals surface area contributed by atoms with Crippen LogP contribution in [-0.4, -0.2) is 32.8 Å². The Morgan fingerprint density at radius 3 is 2.43 bits per heavy atom. The number of amides is 2. The van der Waals surface area contributed by atoms with Crippen LogP contribution in [0.25, 0.3) is 0 Å². The number of imide groups is 1. The highest BCUT2D eigenvalue weighted by Crippen LogP contribution is 2.33. The number of hydrogen-bond acceptors (Lipinski definition) is 5. The number of benzene rings is 1. The van der Waals surface area contributed by atoms with Gasteiger partial charge >= 0.3 is 6.18 Å². The molecule has 0 radical (unpaired) electrons. The molecule has 2 amide bonds. The van der Waals surface area contributed by atoms with Gasteiger partial charge in [0.05, 0.1) is 16.8 Å². The zero-order chi connectivity index (χ0) is 20.3. The Hall–Kier alpha value is -2.29. The second kappa shape index (κ2) is 8.38. The Labute approximate surface area is 164 Å². The van der Waals surface area contributed by atoms with Gasteiger partial charge in [0.2, 0.25) is 0 Å². The van der Waals surface area contributed by atoms with E-state index in [1.807, 2.05) is 0 Å². The van der Waals surface area contributed by atoms with Crippen molar-refractivity contribution in [3.05, 3.63) is 46.0 Å². The fraction of sp³-hybridized carbons (Fsp3) is 0.474. The van der Waals surface area contributed by atoms with Gasteiger partial charge in [-0.25, -0.2) is 0 Å². The number of hydrogen-bond donors (Lipinski definition) is 0. The third kappa shape index (κ3) is 4.40. The number of alkyl halides is 3. The van der Waals surface area contributed by atoms with Gasteiger partial charge in [0.15, 0.2) is 0 Å². The van der Waals surface area contributed by atoms with E-state index in [9.17, 15) is 22.8 Å². The molecule has 0 N–H and O–H groups in total. The van der Waals surface area contributed by atoms with Crippen molar-refractivity contribution in [2.24, 2.45) is 5.92 Å². The van der Waals surface area contributed by atoms with Crippen LogP contribution >= 0.6 is 11.5 Å². The summed E-state index contributed by atoms with van der Waals surface area (Å²) in [5.41, 5.74) is -1.20. The number of carbonyl (C=O) groups excluding carboxylic acids is 2. The highest BCUT2D eigenvalue weighted by molar-refractivity contribution is 7.08. The first-order valence-corrected chi connectivity index (χ1v) is 9.87. The van der Waals surface area contributed by atoms with Gasteiger partial charge in [-0.05, 0) is 49.3 Å². The van der Waals surface area contributed by atoms with Crippen LogP contribution in [0.1, 0.15) is 63.4 Å². The molecule has 0 unspecified atom stereocenters. The van der Waals surface area contributed by atoms with Crippen LogP contribution in [0.4, 0.5) is 13.2 Å². The van der Waals surface area contributed by atoms with E-state index in [2.05, 4.69) is 9.59 Å². The van der Waals surface area contributed by atoms with Crippen LogP contribution in [0.3, 0.4) is 0 Å². The molecule has 1 aliphatic carbocycles. The molecule has 5 nitrogen and oxygen atoms in total. The monoisotopic (exact) mass is 411 g/mol. The molecule has 28 heavy (non-hydrogen) atoms. The summed E-state index contributed by atoms with van der Waals surface area (Å²) in [6, 6.07) is 4.56. The smallest absolute Gasteiger partial charge is 0.273 e. The number of aromatic nitrogens is 2. The molecule has 0 saturated heterocycles. The molecule has 2 aromatic rings. The zero-order valence-corrected chi connectivity index (χ0v) is 16.1. The Balaban J connectivity index is 1.97. The summed E-state index contributed by atoms with van der Waals surface area (Å²) >= 11 is 0.844. The highest BCUT2D eigenvalue weighted by atomic mass is 32.1. The molecule has 3 rings (SSSR count). The second-order valence-corrected chi connectivity index (χ2v) is 7.71. The van der Waals surface area contributed by atoms with Gasteiger partial charge in [-0.3, -0.25) is 14.5 Å². The molecule has 9 heteroatoms. The molecule has 1 fully saturated rings. The second-order valence-electron chi connectivity index (χ2n) is 6.96. The maximum atomic E-state index is 13.4. The summed E-state index contributed by atoms with van der Waals surface area (Å²) in [5, 5.41) is 3.79. The van der Waals surface area contributed by atoms with E-state index < -0.39 is 29.1 Å². The predicted octanol–water partition coefficient (Wildman–Crippen LogP) is 4.73. The van der Waals surface area contributed by atoms with E-state index in [0.29, 0.717) is 5.69 Å². The zero-order valence-electron chi connectivity index (χ0n) is 15.3. The SMILES string of the molecule is Cc1nnsc1C(=O)N(CC1CCCCC1)C(=O)c1ccccc1C(F)(F)F. The molecular formula is C19H20F3N3O2S. The van der Waals surface area contributed by atoms with Crippen molar-refractivity contribution in [3.8, 4) is 0 Å². The Morgan fingerprint density at radius 2 is 1.82 bits per heavy atom. The van der Waals surface area contributed by atoms with Crippen molar-refractivity contribution in [1.82, 2.24) is 14.5 Å². The fourth-order valence-corrected chi connectivity index (χ4v) is 4.10. The quantitative estimate of drug-likeness (QED) is 0.683. The molecule has 0 bridgehead atoms. The Kier molecular flexibility index (Phi) is 6.12. The van der Waals surface area contributed by atoms with Crippen LogP contribution in [0, 0.1) is 12.8 Å². The lowest BCUT2D eigenvalue weighted by Gasteiger charge is -2.29. The first-order chi connectivity index (χ1) is 13.3. The van der Waals surface area contributed by atoms with Crippen molar-refractivity contribution in [1.29, 1.82) is 0 Å². The van der Waals surface area contributed by atoms with E-state index in [1.54, 1.807) is 6.92 Å². The van der Waals surface area contributed by atoms with Crippen LogP contribution in [-0.2, 0) is 6.18 Å². The number of halogens is 3. The molecule has 1 aromatic carbocycles. The van der Waals surface area contributed by atoms with Crippen molar-refractivity contribution in [3.63, 3.8) is 0 Å². The lowest BCUT2D eigenvalue weighted by Crippen LogP contribution is -2.41. The summed E-state index contributed by atoms with van der Waals surface area (Å²) < 4.78 is 43.9. The maximum absolute atomic E-state index is 13.4. The molecule has 0 atom stereocenters. The van der Waals surface area contributed by atoms with Crippen LogP contribution in [0.2, 0.25) is 0 Å². The van der Waals surface area contributed by atoms with Gasteiger partial charge in [0.25, 0.3) is 11.8 Å². The van der Waals surface area contributed by atoms with Gasteiger partial charge < -0.3 is 0 Å². The molecule has 150 valence electrons. The van der Waals surface area contributed by atoms with Crippen LogP contribution in [0.5, 0.6) is 0 Å². The van der Waals surface area contributed by atoms with Crippen molar-refractivity contribution in [2.45, 2.75) is 45.2 Å². The van der Waals surface area contributed by atoms with Gasteiger partial charge in [0.1, 0.15) is 4.88 Å². The molecule has 0 aliphatic heterocycles. The van der Waals surface area contributed by atoms with Gasteiger partial charge in [-0.1, -0.05) is 35.9 Å². The van der Waals surface area contributed by atoms with Gasteiger partial charge in [-0.2, -0.15) is 13.2 Å². The normalized spacial score (nSPS) is 15.4. The summed E-state index contributed by atoms with van der Waals surface area (Å²) in [5.74, 6) is -1.49. The van der Waals surface area contributed by atoms with E-state index in [4.69, 9.17) is 0 Å². The van der Waals surface area contributed by atoms with Gasteiger partial charge in [0, 0.05) is 6.54 Å². The van der Waals surface area contributed by atoms with Gasteiger partial charge in [-0.15, -0.1) is 5.10 Å². The molecular weight excluding hydrogens is 391 g/mol. The number of carbonyl (C=O) groups is 2. The van der Waals surface area contributed by atoms with E-state index >= 15 is 0 Å². The summed E-state index contributed by atoms with van der Waals surface area (Å²) in [6.07, 6.45) is 0.0685. The molecule has 0 spiro atoms. The predicted molar refractivity (Wildman–Crippen MR) is 98.0 cm³/mol. The van der Waals surface area contributed by atoms with E-state index in [1.165, 1.54) is 12.1 Å². The first-order valence-electron chi connectivity index (χ1n) is 9.10. The Bertz CT molecular complexity index is 860. The third-order valence-electron chi connectivity index (χ3n) is 4.96. The summed E-state index contributed by atoms with van der Waals surface area (Å²) in [7, 11) is 0. The third-order valence-corrected chi connectivity index (χ3v) is 5.78. The molecule has 1 aliphatic rings. The molecule has 1 aromatic heterocycles. The highest BCUT2D eigenvalue weighted by Gasteiger charge is 2.38. The van der Waals surface area contributed by atoms with Crippen molar-refractivity contribution < 1.29 is 22.8 Å². The van der Waals surface area contributed by atoms with Crippen molar-refractivity contribution >= 4 is 23.3 Å². The van der Waals surface area contributed by atoms with E-state index in [0.717, 1.165) is 60.7 Å². The number of aryl methyl sites for hydroxylation is 1. The largest absolute Gasteiger partial charge is 0.417 e. The minimum Gasteiger partial charge on any atom is -0.273 e. The van der Waals surface area contributed by atoms with Crippen LogP contribution in [0.15, 0.2) is 24.3 Å². The average molecular weight is 411 g/mol. The van der Waals surface area contributed by atoms with Crippen molar-refractivity contribution in [2.75, 3.05) is 6.54 Å². The number of rotatable bonds is 4. The van der Waals surface area contributed by atoms with E-state index in [-0.39, 0.29) is 17.3 Å². The summed E-state index contributed by atoms with van der Waals surface area (Å²) in [4.78, 5) is 27.3. The molecule has 1 saturated carbocycles. The maximum Gasteiger partial charge on any atom is 0.417 e. The molecule has 1 heterocycles. The standard InChI is InChI=1S/C19H20F3N3O2S/c1-12-16(28-24-23-12)18(27)25(11-13-7-3-2-4-8-13)17(26)14-9-5-6-10-15(14)19(20,21)22/h5-6,9-10,13H,2-4,7-8,11H2,1H3.